The third kappa shape index (κ3) is 4.58. The van der Waals surface area contributed by atoms with Crippen molar-refractivity contribution in [3.8, 4) is 0 Å². The molecule has 0 aromatic rings. The predicted octanol–water partition coefficient (Wildman–Crippen LogP) is -0.402. The maximum absolute atomic E-state index is 10.2. The van der Waals surface area contributed by atoms with Crippen molar-refractivity contribution in [3.05, 3.63) is 10.4 Å². The second-order valence-electron chi connectivity index (χ2n) is 1.18. The SMILES string of the molecule is CON([O-])CON([O-])OC. The molecule has 0 N–H and O–H groups in total. The van der Waals surface area contributed by atoms with Crippen LogP contribution in [0.3, 0.4) is 0 Å². The lowest BCUT2D eigenvalue weighted by Gasteiger charge is -2.29. The van der Waals surface area contributed by atoms with Gasteiger partial charge in [-0.05, 0) is 0 Å². The van der Waals surface area contributed by atoms with Crippen LogP contribution in [0.25, 0.3) is 0 Å². The van der Waals surface area contributed by atoms with Crippen molar-refractivity contribution in [3.63, 3.8) is 0 Å². The Labute approximate surface area is 57.7 Å². The standard InChI is InChI=1S/C3H8N2O5/c1-8-4(6)3-10-5(7)9-2/h3H2,1-2H3/q-2. The van der Waals surface area contributed by atoms with Crippen LogP contribution in [0.1, 0.15) is 0 Å². The highest BCUT2D eigenvalue weighted by Gasteiger charge is 1.89. The first-order valence-corrected chi connectivity index (χ1v) is 2.33. The summed E-state index contributed by atoms with van der Waals surface area (Å²) in [7, 11) is 2.26. The molecule has 0 radical (unpaired) electrons. The maximum atomic E-state index is 10.2. The summed E-state index contributed by atoms with van der Waals surface area (Å²) >= 11 is 0. The van der Waals surface area contributed by atoms with Gasteiger partial charge < -0.3 is 15.3 Å². The molecule has 0 fully saturated rings. The molecule has 0 aromatic carbocycles. The molecule has 0 spiro atoms. The molecule has 10 heavy (non-hydrogen) atoms. The van der Waals surface area contributed by atoms with Crippen LogP contribution >= 0.6 is 0 Å². The maximum Gasteiger partial charge on any atom is 0.133 e. The van der Waals surface area contributed by atoms with Gasteiger partial charge in [-0.1, -0.05) is 0 Å². The lowest BCUT2D eigenvalue weighted by atomic mass is 11.3. The van der Waals surface area contributed by atoms with E-state index in [-0.39, 0.29) is 10.6 Å². The average molecular weight is 152 g/mol. The highest BCUT2D eigenvalue weighted by atomic mass is 17.1. The summed E-state index contributed by atoms with van der Waals surface area (Å²) in [6.45, 7) is -0.534. The second kappa shape index (κ2) is 5.50. The fraction of sp³-hybridized carbons (Fsp3) is 1.00. The highest BCUT2D eigenvalue weighted by molar-refractivity contribution is 4.28. The minimum absolute atomic E-state index is 0.0733. The largest absolute Gasteiger partial charge is 0.760 e. The van der Waals surface area contributed by atoms with Gasteiger partial charge in [-0.3, -0.25) is 9.68 Å². The summed E-state index contributed by atoms with van der Waals surface area (Å²) < 4.78 is 0. The van der Waals surface area contributed by atoms with Crippen molar-refractivity contribution >= 4 is 0 Å². The molecule has 0 rings (SSSR count). The van der Waals surface area contributed by atoms with Gasteiger partial charge in [0.05, 0.1) is 14.2 Å². The molecule has 0 saturated heterocycles. The van der Waals surface area contributed by atoms with Gasteiger partial charge in [0.2, 0.25) is 0 Å². The van der Waals surface area contributed by atoms with E-state index >= 15 is 0 Å². The minimum atomic E-state index is -0.534. The van der Waals surface area contributed by atoms with Crippen LogP contribution in [0.2, 0.25) is 0 Å². The van der Waals surface area contributed by atoms with E-state index in [9.17, 15) is 10.4 Å². The Balaban J connectivity index is 3.17. The molecule has 0 amide bonds. The summed E-state index contributed by atoms with van der Waals surface area (Å²) in [5, 5.41) is 20.1. The predicted molar refractivity (Wildman–Crippen MR) is 30.4 cm³/mol. The first-order valence-electron chi connectivity index (χ1n) is 2.33. The minimum Gasteiger partial charge on any atom is -0.760 e. The Morgan fingerprint density at radius 2 is 1.80 bits per heavy atom. The van der Waals surface area contributed by atoms with Crippen LogP contribution < -0.4 is 0 Å². The van der Waals surface area contributed by atoms with E-state index in [1.165, 1.54) is 0 Å². The van der Waals surface area contributed by atoms with Crippen molar-refractivity contribution in [2.24, 2.45) is 0 Å². The van der Waals surface area contributed by atoms with Gasteiger partial charge >= 0.3 is 0 Å². The summed E-state index contributed by atoms with van der Waals surface area (Å²) in [4.78, 5) is 12.1. The molecule has 7 heteroatoms. The van der Waals surface area contributed by atoms with Gasteiger partial charge in [0.15, 0.2) is 0 Å². The Bertz CT molecular complexity index is 71.3. The number of rotatable bonds is 5. The summed E-state index contributed by atoms with van der Waals surface area (Å²) in [6, 6.07) is 0. The molecule has 0 saturated carbocycles. The zero-order valence-corrected chi connectivity index (χ0v) is 5.64. The van der Waals surface area contributed by atoms with E-state index in [0.717, 1.165) is 14.2 Å². The fourth-order valence-electron chi connectivity index (χ4n) is 0.200. The van der Waals surface area contributed by atoms with Crippen LogP contribution in [0, 0.1) is 10.4 Å². The van der Waals surface area contributed by atoms with Crippen molar-refractivity contribution in [2.45, 2.75) is 0 Å². The van der Waals surface area contributed by atoms with Gasteiger partial charge in [0.25, 0.3) is 0 Å². The zero-order valence-electron chi connectivity index (χ0n) is 5.64. The first kappa shape index (κ1) is 9.72. The van der Waals surface area contributed by atoms with Gasteiger partial charge in [0, 0.05) is 0 Å². The molecule has 0 atom stereocenters. The highest BCUT2D eigenvalue weighted by Crippen LogP contribution is 1.89. The molecule has 0 aliphatic carbocycles. The molecular weight excluding hydrogens is 144 g/mol. The van der Waals surface area contributed by atoms with Crippen LogP contribution in [-0.2, 0) is 14.5 Å². The molecule has 0 bridgehead atoms. The van der Waals surface area contributed by atoms with E-state index in [1.807, 2.05) is 0 Å². The van der Waals surface area contributed by atoms with Gasteiger partial charge in [0.1, 0.15) is 6.73 Å². The topological polar surface area (TPSA) is 80.3 Å². The quantitative estimate of drug-likeness (QED) is 0.391. The van der Waals surface area contributed by atoms with E-state index in [4.69, 9.17) is 0 Å². The van der Waals surface area contributed by atoms with Crippen molar-refractivity contribution < 1.29 is 14.5 Å². The Hall–Kier alpha value is -0.280. The van der Waals surface area contributed by atoms with E-state index in [1.54, 1.807) is 0 Å². The van der Waals surface area contributed by atoms with Crippen LogP contribution in [0.4, 0.5) is 0 Å². The smallest absolute Gasteiger partial charge is 0.133 e. The van der Waals surface area contributed by atoms with Gasteiger partial charge in [-0.25, -0.2) is 5.23 Å². The molecule has 7 nitrogen and oxygen atoms in total. The Morgan fingerprint density at radius 1 is 1.20 bits per heavy atom. The number of nitrogens with zero attached hydrogens (tertiary/aromatic N) is 2. The molecule has 0 aliphatic heterocycles. The van der Waals surface area contributed by atoms with E-state index < -0.39 is 6.73 Å². The number of hydrogen-bond acceptors (Lipinski definition) is 7. The summed E-state index contributed by atoms with van der Waals surface area (Å²) in [5.74, 6) is 0. The molecule has 0 heterocycles. The first-order chi connectivity index (χ1) is 4.70. The van der Waals surface area contributed by atoms with Crippen molar-refractivity contribution in [1.29, 1.82) is 0 Å². The third-order valence-electron chi connectivity index (χ3n) is 0.621. The summed E-state index contributed by atoms with van der Waals surface area (Å²) in [6.07, 6.45) is 0. The zero-order chi connectivity index (χ0) is 7.98. The molecule has 0 unspecified atom stereocenters. The molecule has 62 valence electrons. The Kier molecular flexibility index (Phi) is 5.35. The monoisotopic (exact) mass is 152 g/mol. The van der Waals surface area contributed by atoms with Gasteiger partial charge in [-0.2, -0.15) is 0 Å². The fourth-order valence-corrected chi connectivity index (χ4v) is 0.200. The van der Waals surface area contributed by atoms with Crippen LogP contribution in [0.15, 0.2) is 0 Å². The average Bonchev–Trinajstić information content (AvgIpc) is 1.99. The number of hydrogen-bond donors (Lipinski definition) is 0. The summed E-state index contributed by atoms with van der Waals surface area (Å²) in [5.41, 5.74) is 0. The van der Waals surface area contributed by atoms with Crippen LogP contribution in [-0.4, -0.2) is 31.6 Å². The number of hydroxylamine groups is 2. The second-order valence-corrected chi connectivity index (χ2v) is 1.18. The lowest BCUT2D eigenvalue weighted by Crippen LogP contribution is -2.25. The van der Waals surface area contributed by atoms with E-state index in [0.29, 0.717) is 0 Å². The normalized spacial score (nSPS) is 11.4. The molecular formula is C3H8N2O5-2. The van der Waals surface area contributed by atoms with Crippen LogP contribution in [0.5, 0.6) is 0 Å². The van der Waals surface area contributed by atoms with Crippen molar-refractivity contribution in [1.82, 2.24) is 10.6 Å². The molecule has 0 aromatic heterocycles. The van der Waals surface area contributed by atoms with Crippen molar-refractivity contribution in [2.75, 3.05) is 21.0 Å². The van der Waals surface area contributed by atoms with E-state index in [2.05, 4.69) is 14.5 Å². The van der Waals surface area contributed by atoms with Gasteiger partial charge in [-0.15, -0.1) is 5.39 Å². The Morgan fingerprint density at radius 3 is 2.20 bits per heavy atom. The lowest BCUT2D eigenvalue weighted by molar-refractivity contribution is -0.353. The molecule has 0 aliphatic rings. The third-order valence-corrected chi connectivity index (χ3v) is 0.621.